The Hall–Kier alpha value is -1.55. The highest BCUT2D eigenvalue weighted by Gasteiger charge is 2.54. The number of hydrogen-bond donors (Lipinski definition) is 0. The van der Waals surface area contributed by atoms with Crippen LogP contribution in [0.1, 0.15) is 31.2 Å². The van der Waals surface area contributed by atoms with Gasteiger partial charge in [-0.2, -0.15) is 0 Å². The minimum absolute atomic E-state index is 0.216. The van der Waals surface area contributed by atoms with E-state index in [0.29, 0.717) is 25.3 Å². The second-order valence-electron chi connectivity index (χ2n) is 5.92. The van der Waals surface area contributed by atoms with Crippen LogP contribution in [0.4, 0.5) is 4.79 Å². The fourth-order valence-electron chi connectivity index (χ4n) is 3.53. The van der Waals surface area contributed by atoms with Gasteiger partial charge in [0.2, 0.25) is 5.24 Å². The molecule has 1 aliphatic carbocycles. The van der Waals surface area contributed by atoms with Crippen LogP contribution in [0.3, 0.4) is 0 Å². The minimum Gasteiger partial charge on any atom is -0.445 e. The predicted molar refractivity (Wildman–Crippen MR) is 78.9 cm³/mol. The van der Waals surface area contributed by atoms with Crippen molar-refractivity contribution in [1.29, 1.82) is 0 Å². The first-order valence-corrected chi connectivity index (χ1v) is 7.68. The van der Waals surface area contributed by atoms with E-state index in [1.807, 2.05) is 30.3 Å². The van der Waals surface area contributed by atoms with E-state index >= 15 is 0 Å². The standard InChI is InChI=1S/C16H18ClNO3/c17-14(19)16-8-4-7-13(9-16)10-18(16)15(20)21-11-12-5-2-1-3-6-12/h1-3,5-6,13H,4,7-11H2/t13-,16+/m1/s1. The number of hydrogen-bond acceptors (Lipinski definition) is 3. The number of benzene rings is 1. The molecule has 1 aromatic carbocycles. The summed E-state index contributed by atoms with van der Waals surface area (Å²) >= 11 is 5.81. The largest absolute Gasteiger partial charge is 0.445 e. The van der Waals surface area contributed by atoms with Gasteiger partial charge in [-0.1, -0.05) is 36.8 Å². The number of nitrogens with zero attached hydrogens (tertiary/aromatic N) is 1. The molecule has 1 aliphatic heterocycles. The lowest BCUT2D eigenvalue weighted by Gasteiger charge is -2.35. The number of fused-ring (bicyclic) bond motifs is 2. The number of ether oxygens (including phenoxy) is 1. The molecule has 5 heteroatoms. The van der Waals surface area contributed by atoms with Crippen LogP contribution in [0.5, 0.6) is 0 Å². The monoisotopic (exact) mass is 307 g/mol. The Kier molecular flexibility index (Phi) is 3.89. The van der Waals surface area contributed by atoms with Crippen LogP contribution in [-0.2, 0) is 16.1 Å². The lowest BCUT2D eigenvalue weighted by Crippen LogP contribution is -2.51. The van der Waals surface area contributed by atoms with Gasteiger partial charge in [-0.15, -0.1) is 0 Å². The van der Waals surface area contributed by atoms with Crippen molar-refractivity contribution >= 4 is 22.9 Å². The average Bonchev–Trinajstić information content (AvgIpc) is 2.78. The average molecular weight is 308 g/mol. The summed E-state index contributed by atoms with van der Waals surface area (Å²) in [5.41, 5.74) is 0.0948. The van der Waals surface area contributed by atoms with Crippen molar-refractivity contribution in [2.45, 2.75) is 37.8 Å². The molecule has 1 aromatic rings. The summed E-state index contributed by atoms with van der Waals surface area (Å²) in [5.74, 6) is 0.366. The van der Waals surface area contributed by atoms with Gasteiger partial charge in [-0.3, -0.25) is 9.69 Å². The molecule has 1 heterocycles. The van der Waals surface area contributed by atoms with Crippen molar-refractivity contribution in [2.75, 3.05) is 6.54 Å². The normalized spacial score (nSPS) is 27.5. The third-order valence-electron chi connectivity index (χ3n) is 4.58. The molecule has 0 aromatic heterocycles. The van der Waals surface area contributed by atoms with Gasteiger partial charge in [0, 0.05) is 6.54 Å². The van der Waals surface area contributed by atoms with Crippen LogP contribution >= 0.6 is 11.6 Å². The molecule has 2 bridgehead atoms. The Balaban J connectivity index is 1.70. The first kappa shape index (κ1) is 14.4. The minimum atomic E-state index is -0.835. The molecule has 1 amide bonds. The zero-order valence-corrected chi connectivity index (χ0v) is 12.5. The molecule has 112 valence electrons. The van der Waals surface area contributed by atoms with Crippen LogP contribution < -0.4 is 0 Å². The molecule has 2 atom stereocenters. The van der Waals surface area contributed by atoms with Crippen LogP contribution in [-0.4, -0.2) is 28.3 Å². The summed E-state index contributed by atoms with van der Waals surface area (Å²) in [7, 11) is 0. The van der Waals surface area contributed by atoms with E-state index < -0.39 is 16.9 Å². The summed E-state index contributed by atoms with van der Waals surface area (Å²) in [6.07, 6.45) is 2.87. The summed E-state index contributed by atoms with van der Waals surface area (Å²) in [4.78, 5) is 25.8. The third kappa shape index (κ3) is 2.64. The zero-order chi connectivity index (χ0) is 14.9. The Labute approximate surface area is 129 Å². The molecule has 21 heavy (non-hydrogen) atoms. The predicted octanol–water partition coefficient (Wildman–Crippen LogP) is 3.33. The molecule has 4 nitrogen and oxygen atoms in total. The maximum absolute atomic E-state index is 12.4. The SMILES string of the molecule is O=C(OCc1ccccc1)N1C[C@@H]2CCC[C@@]1(C(=O)Cl)C2. The molecular weight excluding hydrogens is 290 g/mol. The molecule has 3 rings (SSSR count). The van der Waals surface area contributed by atoms with Crippen molar-refractivity contribution in [2.24, 2.45) is 5.92 Å². The van der Waals surface area contributed by atoms with Crippen LogP contribution in [0.2, 0.25) is 0 Å². The number of amides is 1. The summed E-state index contributed by atoms with van der Waals surface area (Å²) in [5, 5.41) is -0.429. The highest BCUT2D eigenvalue weighted by atomic mass is 35.5. The summed E-state index contributed by atoms with van der Waals surface area (Å²) in [6.45, 7) is 0.791. The number of likely N-dealkylation sites (tertiary alicyclic amines) is 1. The number of carbonyl (C=O) groups is 2. The Bertz CT molecular complexity index is 548. The molecule has 1 saturated carbocycles. The Morgan fingerprint density at radius 3 is 2.81 bits per heavy atom. The Morgan fingerprint density at radius 1 is 1.33 bits per heavy atom. The molecule has 0 N–H and O–H groups in total. The van der Waals surface area contributed by atoms with Crippen LogP contribution in [0.15, 0.2) is 30.3 Å². The molecule has 0 spiro atoms. The second-order valence-corrected chi connectivity index (χ2v) is 6.26. The van der Waals surface area contributed by atoms with Crippen molar-refractivity contribution in [3.63, 3.8) is 0 Å². The van der Waals surface area contributed by atoms with Gasteiger partial charge in [-0.05, 0) is 42.3 Å². The lowest BCUT2D eigenvalue weighted by atomic mass is 9.81. The summed E-state index contributed by atoms with van der Waals surface area (Å²) < 4.78 is 5.37. The van der Waals surface area contributed by atoms with Crippen molar-refractivity contribution in [3.05, 3.63) is 35.9 Å². The van der Waals surface area contributed by atoms with Crippen LogP contribution in [0, 0.1) is 5.92 Å². The molecular formula is C16H18ClNO3. The molecule has 2 fully saturated rings. The van der Waals surface area contributed by atoms with E-state index in [1.54, 1.807) is 4.90 Å². The zero-order valence-electron chi connectivity index (χ0n) is 11.8. The fourth-order valence-corrected chi connectivity index (χ4v) is 3.80. The maximum Gasteiger partial charge on any atom is 0.410 e. The van der Waals surface area contributed by atoms with Gasteiger partial charge in [0.05, 0.1) is 0 Å². The van der Waals surface area contributed by atoms with Gasteiger partial charge in [0.25, 0.3) is 0 Å². The highest BCUT2D eigenvalue weighted by molar-refractivity contribution is 6.65. The molecule has 0 unspecified atom stereocenters. The van der Waals surface area contributed by atoms with Crippen molar-refractivity contribution < 1.29 is 14.3 Å². The first-order chi connectivity index (χ1) is 10.1. The number of rotatable bonds is 3. The molecule has 2 aliphatic rings. The van der Waals surface area contributed by atoms with Gasteiger partial charge < -0.3 is 4.74 Å². The van der Waals surface area contributed by atoms with Gasteiger partial charge >= 0.3 is 6.09 Å². The van der Waals surface area contributed by atoms with Crippen molar-refractivity contribution in [1.82, 2.24) is 4.90 Å². The topological polar surface area (TPSA) is 46.6 Å². The second kappa shape index (κ2) is 5.68. The number of halogens is 1. The lowest BCUT2D eigenvalue weighted by molar-refractivity contribution is -0.121. The van der Waals surface area contributed by atoms with E-state index in [0.717, 1.165) is 18.4 Å². The van der Waals surface area contributed by atoms with E-state index in [1.165, 1.54) is 0 Å². The van der Waals surface area contributed by atoms with Gasteiger partial charge in [-0.25, -0.2) is 4.79 Å². The van der Waals surface area contributed by atoms with E-state index in [-0.39, 0.29) is 6.61 Å². The van der Waals surface area contributed by atoms with Gasteiger partial charge in [0.15, 0.2) is 0 Å². The highest BCUT2D eigenvalue weighted by Crippen LogP contribution is 2.45. The van der Waals surface area contributed by atoms with E-state index in [4.69, 9.17) is 16.3 Å². The van der Waals surface area contributed by atoms with E-state index in [9.17, 15) is 9.59 Å². The van der Waals surface area contributed by atoms with E-state index in [2.05, 4.69) is 0 Å². The van der Waals surface area contributed by atoms with Gasteiger partial charge in [0.1, 0.15) is 12.1 Å². The maximum atomic E-state index is 12.4. The summed E-state index contributed by atoms with van der Waals surface area (Å²) in [6, 6.07) is 9.51. The smallest absolute Gasteiger partial charge is 0.410 e. The quantitative estimate of drug-likeness (QED) is 0.805. The first-order valence-electron chi connectivity index (χ1n) is 7.30. The number of carbonyl (C=O) groups excluding carboxylic acids is 2. The van der Waals surface area contributed by atoms with Crippen LogP contribution in [0.25, 0.3) is 0 Å². The Morgan fingerprint density at radius 2 is 2.10 bits per heavy atom. The molecule has 0 radical (unpaired) electrons. The molecule has 1 saturated heterocycles. The third-order valence-corrected chi connectivity index (χ3v) is 4.93. The fraction of sp³-hybridized carbons (Fsp3) is 0.500. The van der Waals surface area contributed by atoms with Crippen molar-refractivity contribution in [3.8, 4) is 0 Å².